The van der Waals surface area contributed by atoms with Crippen LogP contribution in [0.3, 0.4) is 0 Å². The van der Waals surface area contributed by atoms with Crippen molar-refractivity contribution in [1.82, 2.24) is 19.7 Å². The molecule has 0 aliphatic carbocycles. The number of amides is 4. The van der Waals surface area contributed by atoms with Gasteiger partial charge in [-0.05, 0) is 80.3 Å². The van der Waals surface area contributed by atoms with Crippen LogP contribution in [0.1, 0.15) is 57.5 Å². The first-order chi connectivity index (χ1) is 23.0. The second-order valence-electron chi connectivity index (χ2n) is 13.5. The van der Waals surface area contributed by atoms with Gasteiger partial charge in [-0.3, -0.25) is 39.1 Å². The number of imide groups is 2. The number of nitrogens with zero attached hydrogens (tertiary/aromatic N) is 4. The number of likely N-dealkylation sites (tertiary alicyclic amines) is 1. The predicted octanol–water partition coefficient (Wildman–Crippen LogP) is 2.88. The number of pyridine rings is 1. The lowest BCUT2D eigenvalue weighted by molar-refractivity contribution is -0.136. The maximum atomic E-state index is 13.4. The molecule has 3 fully saturated rings. The van der Waals surface area contributed by atoms with Crippen LogP contribution in [-0.4, -0.2) is 84.4 Å². The highest BCUT2D eigenvalue weighted by atomic mass is 16.5. The summed E-state index contributed by atoms with van der Waals surface area (Å²) in [5, 5.41) is 2.24. The van der Waals surface area contributed by atoms with Crippen LogP contribution in [0.5, 0.6) is 11.5 Å². The lowest BCUT2D eigenvalue weighted by atomic mass is 9.86. The highest BCUT2D eigenvalue weighted by Gasteiger charge is 2.46. The molecule has 250 valence electrons. The highest BCUT2D eigenvalue weighted by Crippen LogP contribution is 2.44. The first kappa shape index (κ1) is 31.6. The van der Waals surface area contributed by atoms with Gasteiger partial charge in [0.1, 0.15) is 17.5 Å². The van der Waals surface area contributed by atoms with E-state index in [2.05, 4.69) is 15.1 Å². The Balaban J connectivity index is 1.06. The minimum absolute atomic E-state index is 0.0288. The van der Waals surface area contributed by atoms with E-state index >= 15 is 0 Å². The standard InChI is InChI=1S/C36H39N5O7/c1-21-13-23(17-38(2)33(21)44)22-14-29(47-3)27(30(15-22)48-4)18-39-11-9-36(19-39)10-12-40(20-36)24-5-6-25-26(16-24)35(46)41(34(25)45)28-7-8-31(42)37-32(28)43/h5-6,13-17,28H,7-12,18-20H2,1-4H3,(H,37,42,43). The summed E-state index contributed by atoms with van der Waals surface area (Å²) >= 11 is 0. The molecule has 4 aliphatic heterocycles. The fourth-order valence-electron chi connectivity index (χ4n) is 7.87. The minimum Gasteiger partial charge on any atom is -0.496 e. The highest BCUT2D eigenvalue weighted by molar-refractivity contribution is 6.23. The zero-order chi connectivity index (χ0) is 33.9. The fourth-order valence-corrected chi connectivity index (χ4v) is 7.87. The van der Waals surface area contributed by atoms with Gasteiger partial charge in [0.15, 0.2) is 0 Å². The van der Waals surface area contributed by atoms with E-state index in [4.69, 9.17) is 9.47 Å². The molecular weight excluding hydrogens is 614 g/mol. The first-order valence-corrected chi connectivity index (χ1v) is 16.3. The van der Waals surface area contributed by atoms with Crippen LogP contribution in [0.4, 0.5) is 5.69 Å². The minimum atomic E-state index is -0.982. The topological polar surface area (TPSA) is 130 Å². The number of hydrogen-bond acceptors (Lipinski definition) is 9. The van der Waals surface area contributed by atoms with E-state index in [0.717, 1.165) is 77.8 Å². The number of rotatable bonds is 7. The van der Waals surface area contributed by atoms with Crippen molar-refractivity contribution in [2.24, 2.45) is 12.5 Å². The van der Waals surface area contributed by atoms with Crippen molar-refractivity contribution in [2.45, 2.75) is 45.2 Å². The van der Waals surface area contributed by atoms with E-state index in [1.807, 2.05) is 37.4 Å². The third-order valence-electron chi connectivity index (χ3n) is 10.4. The number of methoxy groups -OCH3 is 2. The molecule has 0 saturated carbocycles. The third kappa shape index (κ3) is 5.33. The number of fused-ring (bicyclic) bond motifs is 1. The molecular formula is C36H39N5O7. The monoisotopic (exact) mass is 653 g/mol. The van der Waals surface area contributed by atoms with Crippen LogP contribution >= 0.6 is 0 Å². The summed E-state index contributed by atoms with van der Waals surface area (Å²) in [6, 6.07) is 10.2. The number of anilines is 1. The van der Waals surface area contributed by atoms with Gasteiger partial charge >= 0.3 is 0 Å². The summed E-state index contributed by atoms with van der Waals surface area (Å²) in [5.41, 5.74) is 4.96. The van der Waals surface area contributed by atoms with E-state index in [0.29, 0.717) is 17.7 Å². The fraction of sp³-hybridized carbons (Fsp3) is 0.417. The molecule has 48 heavy (non-hydrogen) atoms. The Morgan fingerprint density at radius 3 is 2.27 bits per heavy atom. The molecule has 3 saturated heterocycles. The number of benzene rings is 2. The Hall–Kier alpha value is -4.97. The van der Waals surface area contributed by atoms with Crippen LogP contribution in [0.15, 0.2) is 47.4 Å². The Labute approximate surface area is 278 Å². The molecule has 12 nitrogen and oxygen atoms in total. The maximum absolute atomic E-state index is 13.4. The van der Waals surface area contributed by atoms with Crippen LogP contribution in [0.2, 0.25) is 0 Å². The van der Waals surface area contributed by atoms with Gasteiger partial charge in [0, 0.05) is 62.5 Å². The predicted molar refractivity (Wildman–Crippen MR) is 177 cm³/mol. The third-order valence-corrected chi connectivity index (χ3v) is 10.4. The Morgan fingerprint density at radius 1 is 0.875 bits per heavy atom. The van der Waals surface area contributed by atoms with Crippen molar-refractivity contribution < 1.29 is 28.7 Å². The Kier molecular flexibility index (Phi) is 7.86. The number of aromatic nitrogens is 1. The van der Waals surface area contributed by atoms with Crippen LogP contribution in [-0.2, 0) is 23.2 Å². The van der Waals surface area contributed by atoms with Crippen LogP contribution in [0, 0.1) is 12.3 Å². The van der Waals surface area contributed by atoms with E-state index in [9.17, 15) is 24.0 Å². The van der Waals surface area contributed by atoms with Gasteiger partial charge in [-0.2, -0.15) is 0 Å². The summed E-state index contributed by atoms with van der Waals surface area (Å²) in [5.74, 6) is -0.537. The second kappa shape index (κ2) is 11.9. The number of ether oxygens (including phenoxy) is 2. The lowest BCUT2D eigenvalue weighted by Crippen LogP contribution is -2.54. The molecule has 2 atom stereocenters. The van der Waals surface area contributed by atoms with E-state index in [1.165, 1.54) is 0 Å². The summed E-state index contributed by atoms with van der Waals surface area (Å²) in [7, 11) is 5.07. The molecule has 2 unspecified atom stereocenters. The SMILES string of the molecule is COc1cc(-c2cc(C)c(=O)n(C)c2)cc(OC)c1CN1CCC2(CCN(c3ccc4c(c3)C(=O)N(C3CCC(=O)NC3=O)C4=O)C2)C1. The van der Waals surface area contributed by atoms with Gasteiger partial charge in [-0.15, -0.1) is 0 Å². The molecule has 4 aliphatic rings. The molecule has 12 heteroatoms. The summed E-state index contributed by atoms with van der Waals surface area (Å²) in [6.07, 6.45) is 4.06. The maximum Gasteiger partial charge on any atom is 0.262 e. The van der Waals surface area contributed by atoms with Crippen LogP contribution in [0.25, 0.3) is 11.1 Å². The molecule has 1 aromatic heterocycles. The van der Waals surface area contributed by atoms with Crippen molar-refractivity contribution in [3.05, 3.63) is 75.2 Å². The van der Waals surface area contributed by atoms with Crippen molar-refractivity contribution in [2.75, 3.05) is 45.3 Å². The molecule has 0 radical (unpaired) electrons. The first-order valence-electron chi connectivity index (χ1n) is 16.3. The van der Waals surface area contributed by atoms with E-state index in [-0.39, 0.29) is 29.4 Å². The van der Waals surface area contributed by atoms with Crippen molar-refractivity contribution in [1.29, 1.82) is 0 Å². The number of carbonyl (C=O) groups is 4. The molecule has 0 bridgehead atoms. The largest absolute Gasteiger partial charge is 0.496 e. The number of nitrogens with one attached hydrogen (secondary N) is 1. The van der Waals surface area contributed by atoms with E-state index < -0.39 is 29.7 Å². The normalized spacial score (nSPS) is 22.5. The number of carbonyl (C=O) groups excluding carboxylic acids is 4. The molecule has 1 spiro atoms. The number of piperidine rings is 1. The molecule has 2 aromatic carbocycles. The molecule has 3 aromatic rings. The second-order valence-corrected chi connectivity index (χ2v) is 13.5. The summed E-state index contributed by atoms with van der Waals surface area (Å²) in [4.78, 5) is 68.6. The van der Waals surface area contributed by atoms with Crippen molar-refractivity contribution >= 4 is 29.3 Å². The Morgan fingerprint density at radius 2 is 1.58 bits per heavy atom. The summed E-state index contributed by atoms with van der Waals surface area (Å²) in [6.45, 7) is 5.92. The molecule has 7 rings (SSSR count). The summed E-state index contributed by atoms with van der Waals surface area (Å²) < 4.78 is 13.3. The van der Waals surface area contributed by atoms with Gasteiger partial charge in [-0.1, -0.05) is 0 Å². The zero-order valence-corrected chi connectivity index (χ0v) is 27.6. The number of hydrogen-bond donors (Lipinski definition) is 1. The van der Waals surface area contributed by atoms with Gasteiger partial charge in [-0.25, -0.2) is 0 Å². The lowest BCUT2D eigenvalue weighted by Gasteiger charge is -2.27. The van der Waals surface area contributed by atoms with Crippen molar-refractivity contribution in [3.63, 3.8) is 0 Å². The molecule has 1 N–H and O–H groups in total. The van der Waals surface area contributed by atoms with Gasteiger partial charge in [0.2, 0.25) is 11.8 Å². The average molecular weight is 654 g/mol. The van der Waals surface area contributed by atoms with Crippen molar-refractivity contribution in [3.8, 4) is 22.6 Å². The number of aryl methyl sites for hydroxylation is 2. The molecule has 5 heterocycles. The zero-order valence-electron chi connectivity index (χ0n) is 27.6. The quantitative estimate of drug-likeness (QED) is 0.383. The van der Waals surface area contributed by atoms with Gasteiger partial charge in [0.25, 0.3) is 17.4 Å². The molecule has 4 amide bonds. The van der Waals surface area contributed by atoms with E-state index in [1.54, 1.807) is 38.0 Å². The smallest absolute Gasteiger partial charge is 0.262 e. The average Bonchev–Trinajstić information content (AvgIpc) is 3.75. The van der Waals surface area contributed by atoms with Gasteiger partial charge in [0.05, 0.1) is 30.9 Å². The Bertz CT molecular complexity index is 1880. The van der Waals surface area contributed by atoms with Crippen LogP contribution < -0.4 is 25.2 Å². The van der Waals surface area contributed by atoms with Gasteiger partial charge < -0.3 is 18.9 Å².